The van der Waals surface area contributed by atoms with Crippen LogP contribution in [0, 0.1) is 13.8 Å². The van der Waals surface area contributed by atoms with E-state index in [-0.39, 0.29) is 10.6 Å². The van der Waals surface area contributed by atoms with E-state index in [0.29, 0.717) is 40.5 Å². The summed E-state index contributed by atoms with van der Waals surface area (Å²) in [5.41, 5.74) is 2.01. The molecule has 0 atom stereocenters. The summed E-state index contributed by atoms with van der Waals surface area (Å²) in [7, 11) is -7.18. The lowest BCUT2D eigenvalue weighted by Gasteiger charge is -2.28. The third-order valence-corrected chi connectivity index (χ3v) is 8.40. The number of hydrogen-bond donors (Lipinski definition) is 1. The Kier molecular flexibility index (Phi) is 5.42. The number of rotatable bonds is 4. The van der Waals surface area contributed by atoms with Gasteiger partial charge in [0.15, 0.2) is 0 Å². The zero-order chi connectivity index (χ0) is 19.8. The van der Waals surface area contributed by atoms with Crippen LogP contribution in [-0.4, -0.2) is 29.1 Å². The molecule has 2 aromatic carbocycles. The lowest BCUT2D eigenvalue weighted by molar-refractivity contribution is 0.574. The van der Waals surface area contributed by atoms with Crippen LogP contribution in [0.2, 0.25) is 5.02 Å². The molecule has 0 amide bonds. The topological polar surface area (TPSA) is 83.6 Å². The van der Waals surface area contributed by atoms with E-state index in [1.165, 1.54) is 16.4 Å². The molecule has 0 saturated carbocycles. The van der Waals surface area contributed by atoms with Crippen molar-refractivity contribution in [1.82, 2.24) is 0 Å². The molecule has 0 aromatic heterocycles. The fourth-order valence-corrected chi connectivity index (χ4v) is 6.24. The SMILES string of the molecule is Cc1cc(N2CCCCS2(=O)=O)ccc1S(=O)(=O)Nc1cccc(Cl)c1C. The molecule has 1 fully saturated rings. The predicted molar refractivity (Wildman–Crippen MR) is 109 cm³/mol. The maximum absolute atomic E-state index is 12.8. The molecule has 27 heavy (non-hydrogen) atoms. The molecule has 2 aromatic rings. The van der Waals surface area contributed by atoms with Gasteiger partial charge in [-0.25, -0.2) is 16.8 Å². The third-order valence-electron chi connectivity index (χ3n) is 4.60. The summed E-state index contributed by atoms with van der Waals surface area (Å²) < 4.78 is 54.1. The van der Waals surface area contributed by atoms with E-state index >= 15 is 0 Å². The first-order valence-corrected chi connectivity index (χ1v) is 12.0. The minimum Gasteiger partial charge on any atom is -0.279 e. The summed E-state index contributed by atoms with van der Waals surface area (Å²) >= 11 is 6.06. The molecular weight excluding hydrogens is 408 g/mol. The molecule has 6 nitrogen and oxygen atoms in total. The van der Waals surface area contributed by atoms with Crippen molar-refractivity contribution in [3.63, 3.8) is 0 Å². The van der Waals surface area contributed by atoms with Gasteiger partial charge in [-0.1, -0.05) is 17.7 Å². The van der Waals surface area contributed by atoms with Crippen molar-refractivity contribution in [2.24, 2.45) is 0 Å². The van der Waals surface area contributed by atoms with E-state index in [2.05, 4.69) is 4.72 Å². The number of sulfonamides is 2. The van der Waals surface area contributed by atoms with Crippen LogP contribution in [0.4, 0.5) is 11.4 Å². The van der Waals surface area contributed by atoms with E-state index in [0.717, 1.165) is 6.42 Å². The van der Waals surface area contributed by atoms with Gasteiger partial charge in [-0.3, -0.25) is 9.03 Å². The highest BCUT2D eigenvalue weighted by atomic mass is 35.5. The van der Waals surface area contributed by atoms with Crippen molar-refractivity contribution in [3.8, 4) is 0 Å². The van der Waals surface area contributed by atoms with Crippen LogP contribution in [0.15, 0.2) is 41.3 Å². The first kappa shape index (κ1) is 20.0. The first-order valence-electron chi connectivity index (χ1n) is 8.51. The van der Waals surface area contributed by atoms with Crippen molar-refractivity contribution in [2.75, 3.05) is 21.3 Å². The van der Waals surface area contributed by atoms with Gasteiger partial charge in [-0.15, -0.1) is 0 Å². The quantitative estimate of drug-likeness (QED) is 0.804. The average molecular weight is 429 g/mol. The second-order valence-corrected chi connectivity index (χ2v) is 10.6. The number of halogens is 1. The van der Waals surface area contributed by atoms with Gasteiger partial charge in [-0.05, 0) is 68.1 Å². The monoisotopic (exact) mass is 428 g/mol. The number of benzene rings is 2. The van der Waals surface area contributed by atoms with Gasteiger partial charge in [0.25, 0.3) is 10.0 Å². The van der Waals surface area contributed by atoms with Crippen LogP contribution >= 0.6 is 11.6 Å². The van der Waals surface area contributed by atoms with Gasteiger partial charge in [0.1, 0.15) is 0 Å². The summed E-state index contributed by atoms with van der Waals surface area (Å²) in [6.45, 7) is 3.80. The minimum atomic E-state index is -3.84. The molecular formula is C18H21ClN2O4S2. The highest BCUT2D eigenvalue weighted by Crippen LogP contribution is 2.30. The number of aryl methyl sites for hydroxylation is 1. The van der Waals surface area contributed by atoms with Gasteiger partial charge in [-0.2, -0.15) is 0 Å². The van der Waals surface area contributed by atoms with Gasteiger partial charge in [0, 0.05) is 11.6 Å². The standard InChI is InChI=1S/C18H21ClN2O4S2/c1-13-12-15(21-10-3-4-11-26(21,22)23)8-9-18(13)27(24,25)20-17-7-5-6-16(19)14(17)2/h5-9,12,20H,3-4,10-11H2,1-2H3. The molecule has 146 valence electrons. The Hall–Kier alpha value is -1.77. The lowest BCUT2D eigenvalue weighted by Crippen LogP contribution is -2.37. The highest BCUT2D eigenvalue weighted by Gasteiger charge is 2.27. The predicted octanol–water partition coefficient (Wildman–Crippen LogP) is 3.69. The largest absolute Gasteiger partial charge is 0.279 e. The summed E-state index contributed by atoms with van der Waals surface area (Å²) in [6, 6.07) is 9.58. The van der Waals surface area contributed by atoms with E-state index in [1.807, 2.05) is 0 Å². The summed E-state index contributed by atoms with van der Waals surface area (Å²) in [6.07, 6.45) is 1.43. The van der Waals surface area contributed by atoms with E-state index < -0.39 is 20.0 Å². The Balaban J connectivity index is 1.94. The van der Waals surface area contributed by atoms with E-state index in [4.69, 9.17) is 11.6 Å². The number of hydrogen-bond acceptors (Lipinski definition) is 4. The molecule has 1 saturated heterocycles. The van der Waals surface area contributed by atoms with Crippen LogP contribution in [0.1, 0.15) is 24.0 Å². The van der Waals surface area contributed by atoms with Crippen molar-refractivity contribution in [1.29, 1.82) is 0 Å². The maximum Gasteiger partial charge on any atom is 0.262 e. The molecule has 1 heterocycles. The fraction of sp³-hybridized carbons (Fsp3) is 0.333. The Morgan fingerprint density at radius 2 is 1.85 bits per heavy atom. The molecule has 0 radical (unpaired) electrons. The number of nitrogens with zero attached hydrogens (tertiary/aromatic N) is 1. The summed E-state index contributed by atoms with van der Waals surface area (Å²) in [5, 5.41) is 0.470. The zero-order valence-electron chi connectivity index (χ0n) is 15.1. The smallest absolute Gasteiger partial charge is 0.262 e. The fourth-order valence-electron chi connectivity index (χ4n) is 3.09. The highest BCUT2D eigenvalue weighted by molar-refractivity contribution is 7.93. The molecule has 0 aliphatic carbocycles. The molecule has 0 bridgehead atoms. The Bertz CT molecular complexity index is 1080. The van der Waals surface area contributed by atoms with E-state index in [9.17, 15) is 16.8 Å². The van der Waals surface area contributed by atoms with Crippen molar-refractivity contribution < 1.29 is 16.8 Å². The van der Waals surface area contributed by atoms with Crippen molar-refractivity contribution in [2.45, 2.75) is 31.6 Å². The van der Waals surface area contributed by atoms with Crippen LogP contribution in [0.3, 0.4) is 0 Å². The summed E-state index contributed by atoms with van der Waals surface area (Å²) in [5.74, 6) is 0.113. The average Bonchev–Trinajstić information content (AvgIpc) is 2.58. The Labute approximate surface area is 165 Å². The van der Waals surface area contributed by atoms with Crippen LogP contribution < -0.4 is 9.03 Å². The molecule has 1 N–H and O–H groups in total. The van der Waals surface area contributed by atoms with Crippen molar-refractivity contribution in [3.05, 3.63) is 52.5 Å². The molecule has 1 aliphatic rings. The Morgan fingerprint density at radius 3 is 2.52 bits per heavy atom. The molecule has 0 unspecified atom stereocenters. The number of nitrogens with one attached hydrogen (secondary N) is 1. The second kappa shape index (κ2) is 7.33. The van der Waals surface area contributed by atoms with E-state index in [1.54, 1.807) is 38.1 Å². The zero-order valence-corrected chi connectivity index (χ0v) is 17.5. The molecule has 0 spiro atoms. The minimum absolute atomic E-state index is 0.0973. The molecule has 9 heteroatoms. The lowest BCUT2D eigenvalue weighted by atomic mass is 10.2. The Morgan fingerprint density at radius 1 is 1.11 bits per heavy atom. The summed E-state index contributed by atoms with van der Waals surface area (Å²) in [4.78, 5) is 0.0973. The van der Waals surface area contributed by atoms with Gasteiger partial charge >= 0.3 is 0 Å². The van der Waals surface area contributed by atoms with Crippen LogP contribution in [0.25, 0.3) is 0 Å². The third kappa shape index (κ3) is 4.07. The van der Waals surface area contributed by atoms with Gasteiger partial charge in [0.2, 0.25) is 10.0 Å². The second-order valence-electron chi connectivity index (χ2n) is 6.56. The van der Waals surface area contributed by atoms with Crippen LogP contribution in [-0.2, 0) is 20.0 Å². The van der Waals surface area contributed by atoms with Gasteiger partial charge < -0.3 is 0 Å². The first-order chi connectivity index (χ1) is 12.6. The van der Waals surface area contributed by atoms with Crippen molar-refractivity contribution >= 4 is 43.0 Å². The van der Waals surface area contributed by atoms with Gasteiger partial charge in [0.05, 0.1) is 22.0 Å². The number of anilines is 2. The van der Waals surface area contributed by atoms with Crippen LogP contribution in [0.5, 0.6) is 0 Å². The molecule has 1 aliphatic heterocycles. The maximum atomic E-state index is 12.8. The molecule has 3 rings (SSSR count). The normalized spacial score (nSPS) is 16.9.